The first-order valence-electron chi connectivity index (χ1n) is 18.7. The van der Waals surface area contributed by atoms with Gasteiger partial charge >= 0.3 is 0 Å². The second-order valence-corrected chi connectivity index (χ2v) is 18.6. The average molecular weight is 677 g/mol. The van der Waals surface area contributed by atoms with E-state index in [2.05, 4.69) is 107 Å². The summed E-state index contributed by atoms with van der Waals surface area (Å²) in [5, 5.41) is 22.5. The number of benzene rings is 1. The summed E-state index contributed by atoms with van der Waals surface area (Å²) in [5.74, 6) is 0.0782. The highest BCUT2D eigenvalue weighted by atomic mass is 16.3. The van der Waals surface area contributed by atoms with Crippen molar-refractivity contribution in [3.63, 3.8) is 0 Å². The Kier molecular flexibility index (Phi) is 7.90. The van der Waals surface area contributed by atoms with Crippen LogP contribution in [0.1, 0.15) is 124 Å². The maximum Gasteiger partial charge on any atom is 0.226 e. The summed E-state index contributed by atoms with van der Waals surface area (Å²) in [6, 6.07) is 8.68. The van der Waals surface area contributed by atoms with Gasteiger partial charge in [-0.1, -0.05) is 103 Å². The number of amides is 1. The second-order valence-electron chi connectivity index (χ2n) is 18.6. The van der Waals surface area contributed by atoms with Crippen molar-refractivity contribution >= 4 is 11.7 Å². The molecule has 0 bridgehead atoms. The summed E-state index contributed by atoms with van der Waals surface area (Å²) in [5.41, 5.74) is 6.89. The minimum absolute atomic E-state index is 0.00131. The Balaban J connectivity index is 1.08. The smallest absolute Gasteiger partial charge is 0.226 e. The minimum atomic E-state index is -0.469. The predicted octanol–water partition coefficient (Wildman–Crippen LogP) is 8.87. The number of aliphatic hydroxyl groups excluding tert-OH is 1. The van der Waals surface area contributed by atoms with Crippen LogP contribution in [0.4, 0.5) is 0 Å². The molecule has 7 nitrogen and oxygen atoms in total. The standard InChI is InChI=1S/C43H56N4O3/c1-27-31-14-15-34-41(7,32(31)22-33(48)36(27)49)19-21-43(9)35-23-40(6,17-16-39(35,5)18-20-42(34,43)8)37(50)44-24-30-26-47(46-45-30)25-28-10-12-29(13-11-28)38(2,3)4/h10-15,22,26,35,49H,16-21,23-25H2,1-9H3,(H,44,50)/t35-,39-,40-,41+,42-,43+/m1/s1. The fourth-order valence-corrected chi connectivity index (χ4v) is 10.8. The Hall–Kier alpha value is -3.74. The number of hydrogen-bond donors (Lipinski definition) is 2. The van der Waals surface area contributed by atoms with Gasteiger partial charge in [0.25, 0.3) is 0 Å². The number of carbonyl (C=O) groups is 2. The summed E-state index contributed by atoms with van der Waals surface area (Å²) >= 11 is 0. The maximum absolute atomic E-state index is 14.1. The molecule has 0 unspecified atom stereocenters. The maximum atomic E-state index is 14.1. The van der Waals surface area contributed by atoms with Gasteiger partial charge in [0.1, 0.15) is 5.69 Å². The third-order valence-corrected chi connectivity index (χ3v) is 14.6. The highest BCUT2D eigenvalue weighted by Gasteiger charge is 2.67. The molecule has 6 atom stereocenters. The van der Waals surface area contributed by atoms with Gasteiger partial charge in [0.05, 0.1) is 19.3 Å². The lowest BCUT2D eigenvalue weighted by Gasteiger charge is -2.70. The lowest BCUT2D eigenvalue weighted by molar-refractivity contribution is -0.169. The van der Waals surface area contributed by atoms with Gasteiger partial charge in [0.2, 0.25) is 11.7 Å². The Morgan fingerprint density at radius 3 is 2.38 bits per heavy atom. The first kappa shape index (κ1) is 34.7. The SMILES string of the molecule is CC1=C(O)C(=O)C=C2C1=CC=C1[C@@]2(C)CC[C@@]2(C)[C@@H]3C[C@](C)(C(=O)NCc4cn(Cc5ccc(C(C)(C)C)cc5)nn4)CC[C@]3(C)CC[C@]12C. The van der Waals surface area contributed by atoms with E-state index in [9.17, 15) is 14.7 Å². The molecule has 0 aliphatic heterocycles. The van der Waals surface area contributed by atoms with Gasteiger partial charge in [-0.2, -0.15) is 0 Å². The van der Waals surface area contributed by atoms with Crippen LogP contribution in [-0.4, -0.2) is 31.8 Å². The van der Waals surface area contributed by atoms with Crippen LogP contribution < -0.4 is 5.32 Å². The van der Waals surface area contributed by atoms with Crippen LogP contribution in [-0.2, 0) is 28.1 Å². The quantitative estimate of drug-likeness (QED) is 0.330. The first-order chi connectivity index (χ1) is 23.3. The van der Waals surface area contributed by atoms with E-state index in [1.165, 1.54) is 16.7 Å². The third-order valence-electron chi connectivity index (χ3n) is 14.6. The first-order valence-corrected chi connectivity index (χ1v) is 18.7. The van der Waals surface area contributed by atoms with Gasteiger partial charge in [-0.15, -0.1) is 5.10 Å². The number of rotatable bonds is 5. The zero-order valence-corrected chi connectivity index (χ0v) is 31.7. The summed E-state index contributed by atoms with van der Waals surface area (Å²) in [4.78, 5) is 26.9. The van der Waals surface area contributed by atoms with E-state index in [1.807, 2.05) is 17.8 Å². The van der Waals surface area contributed by atoms with Crippen molar-refractivity contribution in [1.82, 2.24) is 20.3 Å². The molecule has 0 radical (unpaired) electrons. The highest BCUT2D eigenvalue weighted by Crippen LogP contribution is 2.75. The topological polar surface area (TPSA) is 97.1 Å². The molecule has 1 amide bonds. The number of nitrogens with zero attached hydrogens (tertiary/aromatic N) is 3. The molecule has 7 heteroatoms. The average Bonchev–Trinajstić information content (AvgIpc) is 3.51. The van der Waals surface area contributed by atoms with E-state index in [4.69, 9.17) is 0 Å². The molecule has 2 aromatic rings. The van der Waals surface area contributed by atoms with Crippen LogP contribution >= 0.6 is 0 Å². The zero-order valence-electron chi connectivity index (χ0n) is 31.7. The molecule has 1 aromatic heterocycles. The van der Waals surface area contributed by atoms with E-state index in [-0.39, 0.29) is 44.5 Å². The number of allylic oxidation sites excluding steroid dienone is 7. The van der Waals surface area contributed by atoms with Gasteiger partial charge in [-0.3, -0.25) is 9.59 Å². The number of hydrogen-bond acceptors (Lipinski definition) is 5. The summed E-state index contributed by atoms with van der Waals surface area (Å²) in [6.45, 7) is 21.5. The molecule has 5 aliphatic rings. The van der Waals surface area contributed by atoms with Crippen LogP contribution in [0.3, 0.4) is 0 Å². The van der Waals surface area contributed by atoms with Crippen molar-refractivity contribution in [3.8, 4) is 0 Å². The van der Waals surface area contributed by atoms with Crippen LogP contribution in [0.15, 0.2) is 76.7 Å². The predicted molar refractivity (Wildman–Crippen MR) is 197 cm³/mol. The van der Waals surface area contributed by atoms with Crippen molar-refractivity contribution in [2.24, 2.45) is 33.0 Å². The van der Waals surface area contributed by atoms with Gasteiger partial charge in [-0.05, 0) is 108 Å². The van der Waals surface area contributed by atoms with Crippen molar-refractivity contribution in [1.29, 1.82) is 0 Å². The molecule has 7 rings (SSSR count). The van der Waals surface area contributed by atoms with Crippen LogP contribution in [0.2, 0.25) is 0 Å². The lowest BCUT2D eigenvalue weighted by atomic mass is 9.34. The number of nitrogens with one attached hydrogen (secondary N) is 1. The molecule has 266 valence electrons. The van der Waals surface area contributed by atoms with Crippen LogP contribution in [0.25, 0.3) is 0 Å². The van der Waals surface area contributed by atoms with Crippen molar-refractivity contribution in [3.05, 3.63) is 93.6 Å². The summed E-state index contributed by atoms with van der Waals surface area (Å²) in [6.07, 6.45) is 15.1. The Morgan fingerprint density at radius 2 is 1.68 bits per heavy atom. The highest BCUT2D eigenvalue weighted by molar-refractivity contribution is 6.06. The normalized spacial score (nSPS) is 35.2. The lowest BCUT2D eigenvalue weighted by Crippen LogP contribution is -2.62. The molecule has 3 saturated carbocycles. The molecule has 0 saturated heterocycles. The molecule has 3 fully saturated rings. The zero-order chi connectivity index (χ0) is 36.1. The number of aromatic nitrogens is 3. The Bertz CT molecular complexity index is 1890. The monoisotopic (exact) mass is 676 g/mol. The number of carbonyl (C=O) groups excluding carboxylic acids is 2. The molecular weight excluding hydrogens is 620 g/mol. The Labute approximate surface area is 298 Å². The molecule has 2 N–H and O–H groups in total. The van der Waals surface area contributed by atoms with Gasteiger partial charge in [-0.25, -0.2) is 4.68 Å². The molecule has 0 spiro atoms. The number of fused-ring (bicyclic) bond motifs is 7. The van der Waals surface area contributed by atoms with Crippen molar-refractivity contribution in [2.45, 2.75) is 126 Å². The second kappa shape index (κ2) is 11.4. The van der Waals surface area contributed by atoms with Gasteiger partial charge in [0.15, 0.2) is 5.76 Å². The fraction of sp³-hybridized carbons (Fsp3) is 0.581. The molecule has 5 aliphatic carbocycles. The van der Waals surface area contributed by atoms with E-state index in [0.717, 1.165) is 61.8 Å². The number of ketones is 1. The van der Waals surface area contributed by atoms with E-state index in [0.29, 0.717) is 24.6 Å². The third kappa shape index (κ3) is 5.20. The summed E-state index contributed by atoms with van der Waals surface area (Å²) in [7, 11) is 0. The fourth-order valence-electron chi connectivity index (χ4n) is 10.8. The van der Waals surface area contributed by atoms with E-state index in [1.54, 1.807) is 6.08 Å². The largest absolute Gasteiger partial charge is 0.504 e. The van der Waals surface area contributed by atoms with Crippen molar-refractivity contribution in [2.75, 3.05) is 0 Å². The molecular formula is C43H56N4O3. The Morgan fingerprint density at radius 1 is 0.980 bits per heavy atom. The van der Waals surface area contributed by atoms with Crippen LogP contribution in [0.5, 0.6) is 0 Å². The summed E-state index contributed by atoms with van der Waals surface area (Å²) < 4.78 is 1.85. The molecule has 50 heavy (non-hydrogen) atoms. The van der Waals surface area contributed by atoms with E-state index < -0.39 is 5.41 Å². The van der Waals surface area contributed by atoms with Gasteiger partial charge in [0, 0.05) is 16.4 Å². The molecule has 1 heterocycles. The van der Waals surface area contributed by atoms with Gasteiger partial charge < -0.3 is 10.4 Å². The molecule has 1 aromatic carbocycles. The van der Waals surface area contributed by atoms with Crippen LogP contribution in [0, 0.1) is 33.0 Å². The van der Waals surface area contributed by atoms with Crippen molar-refractivity contribution < 1.29 is 14.7 Å². The number of aliphatic hydroxyl groups is 1. The van der Waals surface area contributed by atoms with E-state index >= 15 is 0 Å². The minimum Gasteiger partial charge on any atom is -0.504 e.